The van der Waals surface area contributed by atoms with Crippen LogP contribution in [0.15, 0.2) is 29.2 Å². The maximum absolute atomic E-state index is 12.4. The molecule has 21 heavy (non-hydrogen) atoms. The van der Waals surface area contributed by atoms with Gasteiger partial charge in [0.1, 0.15) is 5.75 Å². The van der Waals surface area contributed by atoms with Crippen LogP contribution >= 0.6 is 12.4 Å². The average molecular weight is 335 g/mol. The van der Waals surface area contributed by atoms with Gasteiger partial charge in [-0.2, -0.15) is 0 Å². The van der Waals surface area contributed by atoms with Gasteiger partial charge >= 0.3 is 0 Å². The van der Waals surface area contributed by atoms with E-state index < -0.39 is 15.6 Å². The van der Waals surface area contributed by atoms with Crippen LogP contribution in [0.2, 0.25) is 0 Å². The molecule has 1 aliphatic carbocycles. The summed E-state index contributed by atoms with van der Waals surface area (Å²) in [5.41, 5.74) is 5.30. The van der Waals surface area contributed by atoms with Crippen LogP contribution in [0.25, 0.3) is 0 Å². The largest absolute Gasteiger partial charge is 0.494 e. The van der Waals surface area contributed by atoms with Crippen molar-refractivity contribution in [2.45, 2.75) is 43.0 Å². The topological polar surface area (TPSA) is 81.4 Å². The quantitative estimate of drug-likeness (QED) is 0.834. The molecule has 5 nitrogen and oxygen atoms in total. The predicted molar refractivity (Wildman–Crippen MR) is 85.4 cm³/mol. The third-order valence-electron chi connectivity index (χ3n) is 3.75. The summed E-state index contributed by atoms with van der Waals surface area (Å²) in [4.78, 5) is 0.251. The van der Waals surface area contributed by atoms with Crippen LogP contribution < -0.4 is 15.2 Å². The molecule has 0 saturated heterocycles. The van der Waals surface area contributed by atoms with Crippen molar-refractivity contribution in [1.29, 1.82) is 0 Å². The summed E-state index contributed by atoms with van der Waals surface area (Å²) >= 11 is 0. The monoisotopic (exact) mass is 334 g/mol. The highest BCUT2D eigenvalue weighted by molar-refractivity contribution is 7.89. The summed E-state index contributed by atoms with van der Waals surface area (Å²) in [6.45, 7) is 2.78. The highest BCUT2D eigenvalue weighted by Gasteiger charge is 2.36. The van der Waals surface area contributed by atoms with Crippen molar-refractivity contribution in [3.63, 3.8) is 0 Å². The molecule has 0 spiro atoms. The second-order valence-electron chi connectivity index (χ2n) is 5.20. The number of sulfonamides is 1. The van der Waals surface area contributed by atoms with Crippen molar-refractivity contribution < 1.29 is 13.2 Å². The zero-order valence-electron chi connectivity index (χ0n) is 12.2. The minimum Gasteiger partial charge on any atom is -0.494 e. The van der Waals surface area contributed by atoms with E-state index in [1.54, 1.807) is 24.3 Å². The van der Waals surface area contributed by atoms with Crippen LogP contribution in [0.3, 0.4) is 0 Å². The van der Waals surface area contributed by atoms with Crippen molar-refractivity contribution >= 4 is 22.4 Å². The van der Waals surface area contributed by atoms with Crippen molar-refractivity contribution in [2.24, 2.45) is 5.73 Å². The Bertz CT molecular complexity index is 540. The molecule has 0 aliphatic heterocycles. The molecule has 1 aromatic rings. The van der Waals surface area contributed by atoms with E-state index in [2.05, 4.69) is 4.72 Å². The van der Waals surface area contributed by atoms with E-state index in [4.69, 9.17) is 10.5 Å². The van der Waals surface area contributed by atoms with E-state index in [1.807, 2.05) is 6.92 Å². The fraction of sp³-hybridized carbons (Fsp3) is 0.571. The third kappa shape index (κ3) is 4.32. The number of ether oxygens (including phenoxy) is 1. The van der Waals surface area contributed by atoms with Gasteiger partial charge in [0.25, 0.3) is 0 Å². The fourth-order valence-corrected chi connectivity index (χ4v) is 4.10. The van der Waals surface area contributed by atoms with E-state index >= 15 is 0 Å². The molecule has 0 atom stereocenters. The first-order chi connectivity index (χ1) is 9.51. The van der Waals surface area contributed by atoms with Crippen LogP contribution in [0, 0.1) is 0 Å². The van der Waals surface area contributed by atoms with E-state index in [9.17, 15) is 8.42 Å². The minimum absolute atomic E-state index is 0. The van der Waals surface area contributed by atoms with Gasteiger partial charge in [-0.25, -0.2) is 13.1 Å². The molecule has 1 saturated carbocycles. The third-order valence-corrected chi connectivity index (χ3v) is 5.34. The summed E-state index contributed by atoms with van der Waals surface area (Å²) in [7, 11) is -3.53. The van der Waals surface area contributed by atoms with Crippen molar-refractivity contribution in [2.75, 3.05) is 13.2 Å². The maximum atomic E-state index is 12.4. The van der Waals surface area contributed by atoms with Crippen molar-refractivity contribution in [3.8, 4) is 5.75 Å². The summed E-state index contributed by atoms with van der Waals surface area (Å²) in [6.07, 6.45) is 3.64. The molecule has 1 aromatic carbocycles. The molecule has 0 heterocycles. The van der Waals surface area contributed by atoms with Gasteiger partial charge in [0.15, 0.2) is 0 Å². The molecule has 0 aromatic heterocycles. The van der Waals surface area contributed by atoms with Crippen LogP contribution in [-0.4, -0.2) is 27.1 Å². The molecular weight excluding hydrogens is 312 g/mol. The first kappa shape index (κ1) is 18.2. The Morgan fingerprint density at radius 3 is 2.29 bits per heavy atom. The zero-order chi connectivity index (χ0) is 14.6. The van der Waals surface area contributed by atoms with Gasteiger partial charge in [-0.1, -0.05) is 12.8 Å². The average Bonchev–Trinajstić information content (AvgIpc) is 2.88. The Hall–Kier alpha value is -0.820. The molecular formula is C14H23ClN2O3S. The lowest BCUT2D eigenvalue weighted by Crippen LogP contribution is -2.51. The van der Waals surface area contributed by atoms with Gasteiger partial charge in [-0.15, -0.1) is 12.4 Å². The second-order valence-corrected chi connectivity index (χ2v) is 6.88. The number of benzene rings is 1. The Morgan fingerprint density at radius 2 is 1.81 bits per heavy atom. The number of halogens is 1. The zero-order valence-corrected chi connectivity index (χ0v) is 13.8. The Morgan fingerprint density at radius 1 is 1.24 bits per heavy atom. The van der Waals surface area contributed by atoms with Gasteiger partial charge in [-0.05, 0) is 44.0 Å². The van der Waals surface area contributed by atoms with Gasteiger partial charge in [0.05, 0.1) is 11.5 Å². The van der Waals surface area contributed by atoms with Crippen molar-refractivity contribution in [3.05, 3.63) is 24.3 Å². The lowest BCUT2D eigenvalue weighted by atomic mass is 10.0. The lowest BCUT2D eigenvalue weighted by Gasteiger charge is -2.28. The normalized spacial score (nSPS) is 17.2. The van der Waals surface area contributed by atoms with E-state index in [-0.39, 0.29) is 17.3 Å². The number of nitrogens with one attached hydrogen (secondary N) is 1. The Kier molecular flexibility index (Phi) is 6.46. The maximum Gasteiger partial charge on any atom is 0.241 e. The van der Waals surface area contributed by atoms with Crippen LogP contribution in [0.4, 0.5) is 0 Å². The summed E-state index contributed by atoms with van der Waals surface area (Å²) < 4.78 is 32.9. The molecule has 7 heteroatoms. The van der Waals surface area contributed by atoms with Crippen LogP contribution in [-0.2, 0) is 10.0 Å². The molecule has 0 radical (unpaired) electrons. The first-order valence-electron chi connectivity index (χ1n) is 6.98. The second kappa shape index (κ2) is 7.45. The smallest absolute Gasteiger partial charge is 0.241 e. The molecule has 2 rings (SSSR count). The molecule has 3 N–H and O–H groups in total. The number of hydrogen-bond donors (Lipinski definition) is 2. The molecule has 120 valence electrons. The van der Waals surface area contributed by atoms with Crippen molar-refractivity contribution in [1.82, 2.24) is 4.72 Å². The Balaban J connectivity index is 0.00000220. The molecule has 0 amide bonds. The summed E-state index contributed by atoms with van der Waals surface area (Å²) in [5.74, 6) is 0.667. The van der Waals surface area contributed by atoms with E-state index in [0.29, 0.717) is 18.9 Å². The number of rotatable bonds is 6. The molecule has 0 bridgehead atoms. The van der Waals surface area contributed by atoms with Gasteiger partial charge in [0.2, 0.25) is 10.0 Å². The summed E-state index contributed by atoms with van der Waals surface area (Å²) in [6, 6.07) is 6.46. The van der Waals surface area contributed by atoms with Gasteiger partial charge in [-0.3, -0.25) is 0 Å². The number of nitrogens with two attached hydrogens (primary N) is 1. The predicted octanol–water partition coefficient (Wildman–Crippen LogP) is 2.06. The first-order valence-corrected chi connectivity index (χ1v) is 8.46. The lowest BCUT2D eigenvalue weighted by molar-refractivity contribution is 0.340. The van der Waals surface area contributed by atoms with Crippen LogP contribution in [0.5, 0.6) is 5.75 Å². The highest BCUT2D eigenvalue weighted by atomic mass is 35.5. The minimum atomic E-state index is -3.53. The van der Waals surface area contributed by atoms with Crippen LogP contribution in [0.1, 0.15) is 32.6 Å². The molecule has 1 aliphatic rings. The van der Waals surface area contributed by atoms with Gasteiger partial charge < -0.3 is 10.5 Å². The molecule has 0 unspecified atom stereocenters. The summed E-state index contributed by atoms with van der Waals surface area (Å²) in [5, 5.41) is 0. The van der Waals surface area contributed by atoms with E-state index in [1.165, 1.54) is 0 Å². The number of hydrogen-bond acceptors (Lipinski definition) is 4. The Labute approximate surface area is 132 Å². The highest BCUT2D eigenvalue weighted by Crippen LogP contribution is 2.30. The standard InChI is InChI=1S/C14H22N2O3S.ClH/c1-2-19-12-5-7-13(8-6-12)20(17,18)16-14(11-15)9-3-4-10-14;/h5-8,16H,2-4,9-11,15H2,1H3;1H. The molecule has 1 fully saturated rings. The SMILES string of the molecule is CCOc1ccc(S(=O)(=O)NC2(CN)CCCC2)cc1.Cl. The fourth-order valence-electron chi connectivity index (χ4n) is 2.63. The van der Waals surface area contributed by atoms with E-state index in [0.717, 1.165) is 25.7 Å². The van der Waals surface area contributed by atoms with Gasteiger partial charge in [0, 0.05) is 12.1 Å².